The molecule has 0 radical (unpaired) electrons. The number of nitrogens with zero attached hydrogens (tertiary/aromatic N) is 4. The standard InChI is InChI=1S/C22H25N5OS/c1-14-23-12-21(29-14)15-5-6-18(20(28)11-15)19-7-8-22(26-25-19)27-10-9-17(13-27)24-16-3-2-4-16/h5-8,11-12,16-17,24,28H,2-4,9-10,13H2,1H3. The van der Waals surface area contributed by atoms with Crippen molar-refractivity contribution in [3.8, 4) is 27.4 Å². The van der Waals surface area contributed by atoms with E-state index in [0.29, 0.717) is 23.3 Å². The summed E-state index contributed by atoms with van der Waals surface area (Å²) < 4.78 is 0. The average Bonchev–Trinajstić information content (AvgIpc) is 3.34. The van der Waals surface area contributed by atoms with Gasteiger partial charge in [-0.15, -0.1) is 21.5 Å². The van der Waals surface area contributed by atoms with Gasteiger partial charge in [-0.1, -0.05) is 12.5 Å². The Hall–Kier alpha value is -2.51. The fourth-order valence-electron chi connectivity index (χ4n) is 4.05. The van der Waals surface area contributed by atoms with Crippen molar-refractivity contribution in [1.82, 2.24) is 20.5 Å². The lowest BCUT2D eigenvalue weighted by Gasteiger charge is -2.29. The van der Waals surface area contributed by atoms with Crippen LogP contribution < -0.4 is 10.2 Å². The van der Waals surface area contributed by atoms with Crippen LogP contribution in [0.3, 0.4) is 0 Å². The third kappa shape index (κ3) is 3.84. The molecule has 1 saturated carbocycles. The Bertz CT molecular complexity index is 999. The lowest BCUT2D eigenvalue weighted by Crippen LogP contribution is -2.43. The van der Waals surface area contributed by atoms with E-state index in [9.17, 15) is 5.11 Å². The van der Waals surface area contributed by atoms with E-state index in [4.69, 9.17) is 0 Å². The van der Waals surface area contributed by atoms with Crippen molar-refractivity contribution < 1.29 is 5.11 Å². The Morgan fingerprint density at radius 1 is 1.10 bits per heavy atom. The molecule has 6 nitrogen and oxygen atoms in total. The van der Waals surface area contributed by atoms with Gasteiger partial charge in [-0.05, 0) is 56.0 Å². The zero-order valence-electron chi connectivity index (χ0n) is 16.5. The lowest BCUT2D eigenvalue weighted by molar-refractivity contribution is 0.311. The van der Waals surface area contributed by atoms with Gasteiger partial charge in [-0.3, -0.25) is 0 Å². The molecule has 29 heavy (non-hydrogen) atoms. The molecule has 1 unspecified atom stereocenters. The summed E-state index contributed by atoms with van der Waals surface area (Å²) in [6, 6.07) is 10.9. The molecule has 2 fully saturated rings. The van der Waals surface area contributed by atoms with Gasteiger partial charge in [-0.2, -0.15) is 0 Å². The third-order valence-electron chi connectivity index (χ3n) is 5.92. The molecule has 0 amide bonds. The van der Waals surface area contributed by atoms with Crippen molar-refractivity contribution in [2.45, 2.75) is 44.7 Å². The van der Waals surface area contributed by atoms with Crippen LogP contribution in [-0.2, 0) is 0 Å². The summed E-state index contributed by atoms with van der Waals surface area (Å²) >= 11 is 1.62. The maximum atomic E-state index is 10.5. The van der Waals surface area contributed by atoms with Gasteiger partial charge in [-0.25, -0.2) is 4.98 Å². The first-order valence-electron chi connectivity index (χ1n) is 10.3. The summed E-state index contributed by atoms with van der Waals surface area (Å²) in [5, 5.41) is 24.1. The smallest absolute Gasteiger partial charge is 0.151 e. The van der Waals surface area contributed by atoms with E-state index in [1.165, 1.54) is 19.3 Å². The number of aromatic hydroxyl groups is 1. The Morgan fingerprint density at radius 2 is 2.00 bits per heavy atom. The molecule has 0 spiro atoms. The molecule has 150 valence electrons. The highest BCUT2D eigenvalue weighted by Crippen LogP contribution is 2.34. The number of nitrogens with one attached hydrogen (secondary N) is 1. The normalized spacial score (nSPS) is 19.5. The summed E-state index contributed by atoms with van der Waals surface area (Å²) in [6.07, 6.45) is 6.98. The maximum absolute atomic E-state index is 10.5. The zero-order chi connectivity index (χ0) is 19.8. The summed E-state index contributed by atoms with van der Waals surface area (Å²) in [7, 11) is 0. The molecule has 1 atom stereocenters. The van der Waals surface area contributed by atoms with Gasteiger partial charge >= 0.3 is 0 Å². The Morgan fingerprint density at radius 3 is 2.66 bits per heavy atom. The molecule has 1 aliphatic heterocycles. The van der Waals surface area contributed by atoms with Crippen molar-refractivity contribution in [3.05, 3.63) is 41.5 Å². The third-order valence-corrected chi connectivity index (χ3v) is 6.88. The summed E-state index contributed by atoms with van der Waals surface area (Å²) in [6.45, 7) is 3.97. The molecule has 1 aliphatic carbocycles. The SMILES string of the molecule is Cc1ncc(-c2ccc(-c3ccc(N4CCC(NC5CCC5)C4)nn3)c(O)c2)s1. The van der Waals surface area contributed by atoms with Crippen molar-refractivity contribution in [1.29, 1.82) is 0 Å². The molecule has 1 saturated heterocycles. The second-order valence-electron chi connectivity index (χ2n) is 7.98. The van der Waals surface area contributed by atoms with Gasteiger partial charge in [0.1, 0.15) is 5.75 Å². The van der Waals surface area contributed by atoms with E-state index in [1.807, 2.05) is 37.4 Å². The number of aryl methyl sites for hydroxylation is 1. The Kier molecular flexibility index (Phi) is 4.93. The minimum Gasteiger partial charge on any atom is -0.507 e. The van der Waals surface area contributed by atoms with Crippen molar-refractivity contribution >= 4 is 17.2 Å². The number of phenolic OH excluding ortho intramolecular Hbond substituents is 1. The van der Waals surface area contributed by atoms with Crippen LogP contribution in [0.4, 0.5) is 5.82 Å². The average molecular weight is 408 g/mol. The molecule has 3 heterocycles. The van der Waals surface area contributed by atoms with Crippen molar-refractivity contribution in [2.75, 3.05) is 18.0 Å². The second-order valence-corrected chi connectivity index (χ2v) is 9.21. The highest BCUT2D eigenvalue weighted by molar-refractivity contribution is 7.15. The molecule has 3 aromatic rings. The summed E-state index contributed by atoms with van der Waals surface area (Å²) in [5.41, 5.74) is 2.34. The van der Waals surface area contributed by atoms with E-state index in [2.05, 4.69) is 25.4 Å². The predicted octanol–water partition coefficient (Wildman–Crippen LogP) is 4.00. The van der Waals surface area contributed by atoms with Crippen LogP contribution in [0.2, 0.25) is 0 Å². The quantitative estimate of drug-likeness (QED) is 0.666. The van der Waals surface area contributed by atoms with E-state index >= 15 is 0 Å². The van der Waals surface area contributed by atoms with Crippen molar-refractivity contribution in [2.24, 2.45) is 0 Å². The predicted molar refractivity (Wildman–Crippen MR) is 116 cm³/mol. The van der Waals surface area contributed by atoms with Gasteiger partial charge in [0.05, 0.1) is 15.6 Å². The van der Waals surface area contributed by atoms with Crippen LogP contribution in [0.1, 0.15) is 30.7 Å². The lowest BCUT2D eigenvalue weighted by atomic mass is 9.92. The number of hydrogen-bond donors (Lipinski definition) is 2. The molecule has 2 aromatic heterocycles. The fourth-order valence-corrected chi connectivity index (χ4v) is 4.82. The summed E-state index contributed by atoms with van der Waals surface area (Å²) in [5.74, 6) is 1.12. The van der Waals surface area contributed by atoms with Crippen LogP contribution in [0.15, 0.2) is 36.5 Å². The molecule has 7 heteroatoms. The number of hydrogen-bond acceptors (Lipinski definition) is 7. The topological polar surface area (TPSA) is 74.2 Å². The number of thiazole rings is 1. The highest BCUT2D eigenvalue weighted by Gasteiger charge is 2.27. The van der Waals surface area contributed by atoms with Crippen LogP contribution in [0, 0.1) is 6.92 Å². The van der Waals surface area contributed by atoms with E-state index in [0.717, 1.165) is 40.8 Å². The Balaban J connectivity index is 1.29. The van der Waals surface area contributed by atoms with Gasteiger partial charge in [0.15, 0.2) is 5.82 Å². The number of aromatic nitrogens is 3. The molecular weight excluding hydrogens is 382 g/mol. The first-order valence-corrected chi connectivity index (χ1v) is 11.1. The number of anilines is 1. The maximum Gasteiger partial charge on any atom is 0.151 e. The highest BCUT2D eigenvalue weighted by atomic mass is 32.1. The van der Waals surface area contributed by atoms with E-state index in [1.54, 1.807) is 17.4 Å². The van der Waals surface area contributed by atoms with Crippen LogP contribution in [0.5, 0.6) is 5.75 Å². The molecular formula is C22H25N5OS. The monoisotopic (exact) mass is 407 g/mol. The minimum absolute atomic E-state index is 0.210. The van der Waals surface area contributed by atoms with Crippen LogP contribution in [-0.4, -0.2) is 45.5 Å². The van der Waals surface area contributed by atoms with Gasteiger partial charge in [0, 0.05) is 36.9 Å². The number of rotatable bonds is 5. The van der Waals surface area contributed by atoms with E-state index in [-0.39, 0.29) is 5.75 Å². The van der Waals surface area contributed by atoms with Gasteiger partial charge in [0.25, 0.3) is 0 Å². The first-order chi connectivity index (χ1) is 14.2. The minimum atomic E-state index is 0.210. The van der Waals surface area contributed by atoms with Crippen LogP contribution in [0.25, 0.3) is 21.7 Å². The number of benzene rings is 1. The number of phenols is 1. The largest absolute Gasteiger partial charge is 0.507 e. The van der Waals surface area contributed by atoms with Crippen LogP contribution >= 0.6 is 11.3 Å². The molecule has 2 N–H and O–H groups in total. The second kappa shape index (κ2) is 7.72. The fraction of sp³-hybridized carbons (Fsp3) is 0.409. The molecule has 1 aromatic carbocycles. The molecule has 2 aliphatic rings. The zero-order valence-corrected chi connectivity index (χ0v) is 17.3. The van der Waals surface area contributed by atoms with E-state index < -0.39 is 0 Å². The molecule has 0 bridgehead atoms. The van der Waals surface area contributed by atoms with Gasteiger partial charge < -0.3 is 15.3 Å². The molecule has 5 rings (SSSR count). The van der Waals surface area contributed by atoms with Crippen molar-refractivity contribution in [3.63, 3.8) is 0 Å². The summed E-state index contributed by atoms with van der Waals surface area (Å²) in [4.78, 5) is 7.63. The van der Waals surface area contributed by atoms with Gasteiger partial charge in [0.2, 0.25) is 0 Å². The Labute approximate surface area is 174 Å². The first kappa shape index (κ1) is 18.5.